The second-order valence-corrected chi connectivity index (χ2v) is 4.52. The number of rotatable bonds is 9. The minimum Gasteiger partial charge on any atom is -0.356 e. The average Bonchev–Trinajstić information content (AvgIpc) is 2.81. The SMILES string of the molecule is CCNC(C)CC(=O)NCCCCn1ccnc1. The maximum absolute atomic E-state index is 11.6. The first kappa shape index (κ1) is 14.7. The third-order valence-corrected chi connectivity index (χ3v) is 2.77. The number of hydrogen-bond acceptors (Lipinski definition) is 3. The summed E-state index contributed by atoms with van der Waals surface area (Å²) in [7, 11) is 0. The van der Waals surface area contributed by atoms with Crippen molar-refractivity contribution in [2.45, 2.75) is 45.7 Å². The van der Waals surface area contributed by atoms with E-state index in [9.17, 15) is 4.79 Å². The quantitative estimate of drug-likeness (QED) is 0.649. The topological polar surface area (TPSA) is 59.0 Å². The summed E-state index contributed by atoms with van der Waals surface area (Å²) >= 11 is 0. The van der Waals surface area contributed by atoms with Crippen LogP contribution in [0.1, 0.15) is 33.1 Å². The Morgan fingerprint density at radius 2 is 2.28 bits per heavy atom. The molecule has 2 N–H and O–H groups in total. The van der Waals surface area contributed by atoms with Crippen molar-refractivity contribution in [1.29, 1.82) is 0 Å². The largest absolute Gasteiger partial charge is 0.356 e. The molecule has 0 bridgehead atoms. The van der Waals surface area contributed by atoms with Crippen LogP contribution in [-0.4, -0.2) is 34.6 Å². The summed E-state index contributed by atoms with van der Waals surface area (Å²) in [5, 5.41) is 6.17. The summed E-state index contributed by atoms with van der Waals surface area (Å²) < 4.78 is 2.05. The third kappa shape index (κ3) is 6.39. The lowest BCUT2D eigenvalue weighted by Gasteiger charge is -2.12. The normalized spacial score (nSPS) is 12.3. The molecule has 0 aliphatic rings. The van der Waals surface area contributed by atoms with Gasteiger partial charge in [0.05, 0.1) is 6.33 Å². The molecule has 0 aromatic carbocycles. The van der Waals surface area contributed by atoms with Gasteiger partial charge in [-0.2, -0.15) is 0 Å². The van der Waals surface area contributed by atoms with E-state index in [4.69, 9.17) is 0 Å². The Balaban J connectivity index is 1.98. The summed E-state index contributed by atoms with van der Waals surface area (Å²) in [5.74, 6) is 0.131. The zero-order valence-electron chi connectivity index (χ0n) is 11.4. The molecule has 0 saturated heterocycles. The molecule has 1 amide bonds. The summed E-state index contributed by atoms with van der Waals surface area (Å²) in [6, 6.07) is 0.251. The standard InChI is InChI=1S/C13H24N4O/c1-3-15-12(2)10-13(18)16-6-4-5-8-17-9-7-14-11-17/h7,9,11-12,15H,3-6,8,10H2,1-2H3,(H,16,18). The molecule has 0 aliphatic heterocycles. The highest BCUT2D eigenvalue weighted by Gasteiger charge is 2.06. The Labute approximate surface area is 109 Å². The molecule has 1 aromatic rings. The van der Waals surface area contributed by atoms with Gasteiger partial charge < -0.3 is 15.2 Å². The number of amides is 1. The van der Waals surface area contributed by atoms with E-state index in [1.54, 1.807) is 6.20 Å². The summed E-state index contributed by atoms with van der Waals surface area (Å²) in [6.07, 6.45) is 8.16. The van der Waals surface area contributed by atoms with Crippen LogP contribution < -0.4 is 10.6 Å². The number of carbonyl (C=O) groups is 1. The van der Waals surface area contributed by atoms with Gasteiger partial charge in [0.15, 0.2) is 0 Å². The van der Waals surface area contributed by atoms with Crippen molar-refractivity contribution < 1.29 is 4.79 Å². The number of nitrogens with zero attached hydrogens (tertiary/aromatic N) is 2. The molecule has 0 fully saturated rings. The van der Waals surface area contributed by atoms with Crippen LogP contribution in [0.2, 0.25) is 0 Å². The molecular formula is C13H24N4O. The van der Waals surface area contributed by atoms with E-state index < -0.39 is 0 Å². The summed E-state index contributed by atoms with van der Waals surface area (Å²) in [6.45, 7) is 6.70. The van der Waals surface area contributed by atoms with Crippen LogP contribution >= 0.6 is 0 Å². The average molecular weight is 252 g/mol. The van der Waals surface area contributed by atoms with Crippen LogP contribution in [0.25, 0.3) is 0 Å². The van der Waals surface area contributed by atoms with Gasteiger partial charge in [-0.1, -0.05) is 6.92 Å². The van der Waals surface area contributed by atoms with Crippen molar-refractivity contribution in [3.05, 3.63) is 18.7 Å². The molecule has 5 nitrogen and oxygen atoms in total. The molecular weight excluding hydrogens is 228 g/mol. The van der Waals surface area contributed by atoms with Crippen molar-refractivity contribution >= 4 is 5.91 Å². The smallest absolute Gasteiger partial charge is 0.221 e. The Morgan fingerprint density at radius 1 is 1.44 bits per heavy atom. The number of aryl methyl sites for hydroxylation is 1. The predicted octanol–water partition coefficient (Wildman–Crippen LogP) is 1.17. The first-order valence-corrected chi connectivity index (χ1v) is 6.68. The van der Waals surface area contributed by atoms with Crippen LogP contribution in [0.4, 0.5) is 0 Å². The maximum Gasteiger partial charge on any atom is 0.221 e. The molecule has 18 heavy (non-hydrogen) atoms. The van der Waals surface area contributed by atoms with Crippen LogP contribution in [0.15, 0.2) is 18.7 Å². The fraction of sp³-hybridized carbons (Fsp3) is 0.692. The Bertz CT molecular complexity index is 324. The van der Waals surface area contributed by atoms with E-state index in [0.717, 1.165) is 32.5 Å². The lowest BCUT2D eigenvalue weighted by atomic mass is 10.2. The summed E-state index contributed by atoms with van der Waals surface area (Å²) in [4.78, 5) is 15.5. The zero-order valence-corrected chi connectivity index (χ0v) is 11.4. The van der Waals surface area contributed by atoms with Gasteiger partial charge in [0.1, 0.15) is 0 Å². The number of carbonyl (C=O) groups excluding carboxylic acids is 1. The first-order valence-electron chi connectivity index (χ1n) is 6.68. The predicted molar refractivity (Wildman–Crippen MR) is 72.2 cm³/mol. The van der Waals surface area contributed by atoms with Gasteiger partial charge in [-0.05, 0) is 26.3 Å². The van der Waals surface area contributed by atoms with Crippen molar-refractivity contribution in [2.75, 3.05) is 13.1 Å². The Hall–Kier alpha value is -1.36. The van der Waals surface area contributed by atoms with Crippen molar-refractivity contribution in [2.24, 2.45) is 0 Å². The molecule has 0 radical (unpaired) electrons. The fourth-order valence-electron chi connectivity index (χ4n) is 1.84. The minimum absolute atomic E-state index is 0.131. The molecule has 0 saturated carbocycles. The van der Waals surface area contributed by atoms with Crippen LogP contribution in [-0.2, 0) is 11.3 Å². The molecule has 1 heterocycles. The van der Waals surface area contributed by atoms with E-state index in [1.165, 1.54) is 0 Å². The van der Waals surface area contributed by atoms with E-state index in [-0.39, 0.29) is 11.9 Å². The van der Waals surface area contributed by atoms with Crippen LogP contribution in [0.3, 0.4) is 0 Å². The van der Waals surface area contributed by atoms with Gasteiger partial charge in [-0.3, -0.25) is 4.79 Å². The Morgan fingerprint density at radius 3 is 2.94 bits per heavy atom. The number of aromatic nitrogens is 2. The van der Waals surface area contributed by atoms with Crippen LogP contribution in [0, 0.1) is 0 Å². The lowest BCUT2D eigenvalue weighted by Crippen LogP contribution is -2.34. The highest BCUT2D eigenvalue weighted by Crippen LogP contribution is 1.95. The molecule has 5 heteroatoms. The van der Waals surface area contributed by atoms with Gasteiger partial charge in [0.25, 0.3) is 0 Å². The number of imidazole rings is 1. The van der Waals surface area contributed by atoms with Crippen LogP contribution in [0.5, 0.6) is 0 Å². The second-order valence-electron chi connectivity index (χ2n) is 4.52. The lowest BCUT2D eigenvalue weighted by molar-refractivity contribution is -0.121. The molecule has 1 unspecified atom stereocenters. The molecule has 1 atom stereocenters. The van der Waals surface area contributed by atoms with E-state index in [2.05, 4.69) is 20.2 Å². The van der Waals surface area contributed by atoms with Crippen molar-refractivity contribution in [3.8, 4) is 0 Å². The number of unbranched alkanes of at least 4 members (excludes halogenated alkanes) is 1. The van der Waals surface area contributed by atoms with Crippen molar-refractivity contribution in [3.63, 3.8) is 0 Å². The molecule has 102 valence electrons. The number of hydrogen-bond donors (Lipinski definition) is 2. The van der Waals surface area contributed by atoms with Crippen molar-refractivity contribution in [1.82, 2.24) is 20.2 Å². The second kappa shape index (κ2) is 8.69. The molecule has 1 rings (SSSR count). The molecule has 0 aliphatic carbocycles. The van der Waals surface area contributed by atoms with Gasteiger partial charge in [-0.15, -0.1) is 0 Å². The highest BCUT2D eigenvalue weighted by atomic mass is 16.1. The number of nitrogens with one attached hydrogen (secondary N) is 2. The first-order chi connectivity index (χ1) is 8.72. The van der Waals surface area contributed by atoms with E-state index >= 15 is 0 Å². The van der Waals surface area contributed by atoms with Gasteiger partial charge >= 0.3 is 0 Å². The highest BCUT2D eigenvalue weighted by molar-refractivity contribution is 5.76. The van der Waals surface area contributed by atoms with E-state index in [1.807, 2.05) is 26.4 Å². The molecule has 0 spiro atoms. The fourth-order valence-corrected chi connectivity index (χ4v) is 1.84. The maximum atomic E-state index is 11.6. The Kier molecular flexibility index (Phi) is 7.10. The van der Waals surface area contributed by atoms with E-state index in [0.29, 0.717) is 6.42 Å². The third-order valence-electron chi connectivity index (χ3n) is 2.77. The zero-order chi connectivity index (χ0) is 13.2. The summed E-state index contributed by atoms with van der Waals surface area (Å²) in [5.41, 5.74) is 0. The van der Waals surface area contributed by atoms with Gasteiger partial charge in [0, 0.05) is 37.9 Å². The molecule has 1 aromatic heterocycles. The monoisotopic (exact) mass is 252 g/mol. The van der Waals surface area contributed by atoms with Gasteiger partial charge in [0.2, 0.25) is 5.91 Å². The minimum atomic E-state index is 0.131. The van der Waals surface area contributed by atoms with Gasteiger partial charge in [-0.25, -0.2) is 4.98 Å².